The van der Waals surface area contributed by atoms with E-state index in [0.29, 0.717) is 5.56 Å². The first kappa shape index (κ1) is 17.9. The van der Waals surface area contributed by atoms with E-state index in [4.69, 9.17) is 12.2 Å². The number of halogens is 1. The molecule has 4 nitrogen and oxygen atoms in total. The Morgan fingerprint density at radius 2 is 1.88 bits per heavy atom. The molecule has 0 radical (unpaired) electrons. The topological polar surface area (TPSA) is 53.2 Å². The number of nitrogens with one attached hydrogen (secondary N) is 3. The molecule has 6 heteroatoms. The first-order valence-corrected chi connectivity index (χ1v) is 8.05. The minimum atomic E-state index is -0.460. The molecule has 0 saturated heterocycles. The summed E-state index contributed by atoms with van der Waals surface area (Å²) < 4.78 is 13.5. The number of hydrogen-bond donors (Lipinski definition) is 3. The van der Waals surface area contributed by atoms with Crippen molar-refractivity contribution in [3.63, 3.8) is 0 Å². The molecule has 3 N–H and O–H groups in total. The van der Waals surface area contributed by atoms with Crippen LogP contribution in [0.3, 0.4) is 0 Å². The number of anilines is 1. The predicted molar refractivity (Wildman–Crippen MR) is 98.5 cm³/mol. The van der Waals surface area contributed by atoms with Crippen molar-refractivity contribution in [3.8, 4) is 0 Å². The van der Waals surface area contributed by atoms with Crippen molar-refractivity contribution in [1.29, 1.82) is 0 Å². The van der Waals surface area contributed by atoms with Crippen molar-refractivity contribution < 1.29 is 9.18 Å². The summed E-state index contributed by atoms with van der Waals surface area (Å²) in [4.78, 5) is 12.0. The number of hydrogen-bond acceptors (Lipinski definition) is 2. The molecule has 0 atom stereocenters. The van der Waals surface area contributed by atoms with Gasteiger partial charge in [-0.1, -0.05) is 31.2 Å². The molecule has 0 unspecified atom stereocenters. The van der Waals surface area contributed by atoms with Gasteiger partial charge in [-0.25, -0.2) is 4.39 Å². The van der Waals surface area contributed by atoms with E-state index in [1.54, 1.807) is 19.1 Å². The highest BCUT2D eigenvalue weighted by molar-refractivity contribution is 7.80. The molecular formula is C18H20FN3OS. The van der Waals surface area contributed by atoms with E-state index in [0.717, 1.165) is 23.2 Å². The fourth-order valence-electron chi connectivity index (χ4n) is 2.27. The van der Waals surface area contributed by atoms with Crippen molar-refractivity contribution in [2.45, 2.75) is 27.2 Å². The van der Waals surface area contributed by atoms with Crippen LogP contribution in [-0.4, -0.2) is 11.0 Å². The molecule has 1 amide bonds. The molecule has 126 valence electrons. The molecule has 2 aromatic carbocycles. The maximum Gasteiger partial charge on any atom is 0.269 e. The lowest BCUT2D eigenvalue weighted by Crippen LogP contribution is -2.44. The predicted octanol–water partition coefficient (Wildman–Crippen LogP) is 3.64. The zero-order valence-electron chi connectivity index (χ0n) is 13.9. The third kappa shape index (κ3) is 4.29. The lowest BCUT2D eigenvalue weighted by Gasteiger charge is -2.16. The lowest BCUT2D eigenvalue weighted by atomic mass is 10.1. The molecule has 0 fully saturated rings. The maximum atomic E-state index is 13.5. The number of rotatable bonds is 3. The molecule has 2 aromatic rings. The Hall–Kier alpha value is -2.47. The number of hydrazine groups is 1. The molecule has 2 rings (SSSR count). The first-order valence-electron chi connectivity index (χ1n) is 7.64. The van der Waals surface area contributed by atoms with Crippen molar-refractivity contribution in [2.24, 2.45) is 0 Å². The van der Waals surface area contributed by atoms with E-state index in [1.807, 2.05) is 25.1 Å². The maximum absolute atomic E-state index is 13.5. The van der Waals surface area contributed by atoms with E-state index in [2.05, 4.69) is 23.1 Å². The molecule has 0 aliphatic heterocycles. The van der Waals surface area contributed by atoms with Crippen LogP contribution in [0.5, 0.6) is 0 Å². The number of carbonyl (C=O) groups excluding carboxylic acids is 1. The minimum Gasteiger partial charge on any atom is -0.331 e. The zero-order valence-corrected chi connectivity index (χ0v) is 14.7. The van der Waals surface area contributed by atoms with Crippen LogP contribution in [0.1, 0.15) is 34.0 Å². The zero-order chi connectivity index (χ0) is 17.7. The van der Waals surface area contributed by atoms with Gasteiger partial charge in [-0.15, -0.1) is 0 Å². The Kier molecular flexibility index (Phi) is 5.87. The summed E-state index contributed by atoms with van der Waals surface area (Å²) in [5.41, 5.74) is 8.93. The summed E-state index contributed by atoms with van der Waals surface area (Å²) >= 11 is 5.21. The Morgan fingerprint density at radius 3 is 2.54 bits per heavy atom. The molecule has 0 saturated carbocycles. The molecule has 0 aliphatic rings. The summed E-state index contributed by atoms with van der Waals surface area (Å²) in [6.07, 6.45) is 0.863. The Morgan fingerprint density at radius 1 is 1.12 bits per heavy atom. The summed E-state index contributed by atoms with van der Waals surface area (Å²) in [5, 5.41) is 3.35. The van der Waals surface area contributed by atoms with Gasteiger partial charge in [0.25, 0.3) is 5.91 Å². The van der Waals surface area contributed by atoms with Gasteiger partial charge in [-0.05, 0) is 61.3 Å². The van der Waals surface area contributed by atoms with E-state index in [-0.39, 0.29) is 10.7 Å². The normalized spacial score (nSPS) is 10.2. The van der Waals surface area contributed by atoms with Gasteiger partial charge in [-0.2, -0.15) is 0 Å². The highest BCUT2D eigenvalue weighted by Gasteiger charge is 2.10. The fraction of sp³-hybridized carbons (Fsp3) is 0.222. The van der Waals surface area contributed by atoms with Crippen LogP contribution in [0.4, 0.5) is 10.1 Å². The third-order valence-electron chi connectivity index (χ3n) is 3.70. The van der Waals surface area contributed by atoms with Crippen molar-refractivity contribution in [1.82, 2.24) is 10.9 Å². The van der Waals surface area contributed by atoms with E-state index in [1.165, 1.54) is 6.07 Å². The number of thiocarbonyl (C=S) groups is 1. The Bertz CT molecular complexity index is 777. The van der Waals surface area contributed by atoms with Crippen molar-refractivity contribution in [3.05, 3.63) is 64.5 Å². The van der Waals surface area contributed by atoms with Crippen molar-refractivity contribution >= 4 is 28.9 Å². The van der Waals surface area contributed by atoms with Crippen LogP contribution in [0.15, 0.2) is 36.4 Å². The number of aryl methyl sites for hydroxylation is 3. The smallest absolute Gasteiger partial charge is 0.269 e. The van der Waals surface area contributed by atoms with Crippen LogP contribution in [0.25, 0.3) is 0 Å². The largest absolute Gasteiger partial charge is 0.331 e. The molecule has 0 aliphatic carbocycles. The van der Waals surface area contributed by atoms with Crippen LogP contribution < -0.4 is 16.2 Å². The van der Waals surface area contributed by atoms with Crippen LogP contribution in [-0.2, 0) is 6.42 Å². The van der Waals surface area contributed by atoms with Crippen LogP contribution in [0.2, 0.25) is 0 Å². The second kappa shape index (κ2) is 7.88. The van der Waals surface area contributed by atoms with Crippen LogP contribution in [0, 0.1) is 19.7 Å². The van der Waals surface area contributed by atoms with Crippen molar-refractivity contribution in [2.75, 3.05) is 5.32 Å². The monoisotopic (exact) mass is 345 g/mol. The number of amides is 1. The second-order valence-corrected chi connectivity index (χ2v) is 5.87. The van der Waals surface area contributed by atoms with Gasteiger partial charge in [0.1, 0.15) is 5.82 Å². The standard InChI is InChI=1S/C18H20FN3OS/c1-4-13-7-5-6-12(3)16(13)20-18(24)22-21-17(23)14-9-8-11(2)15(19)10-14/h5-10H,4H2,1-3H3,(H,21,23)(H2,20,22,24). The average molecular weight is 345 g/mol. The quantitative estimate of drug-likeness (QED) is 0.587. The lowest BCUT2D eigenvalue weighted by molar-refractivity contribution is 0.0943. The van der Waals surface area contributed by atoms with Gasteiger partial charge < -0.3 is 5.32 Å². The highest BCUT2D eigenvalue weighted by atomic mass is 32.1. The summed E-state index contributed by atoms with van der Waals surface area (Å²) in [6, 6.07) is 10.3. The molecule has 0 heterocycles. The van der Waals surface area contributed by atoms with Gasteiger partial charge in [0.2, 0.25) is 0 Å². The summed E-state index contributed by atoms with van der Waals surface area (Å²) in [5.74, 6) is -0.880. The van der Waals surface area contributed by atoms with Gasteiger partial charge in [0.15, 0.2) is 5.11 Å². The SMILES string of the molecule is CCc1cccc(C)c1NC(=S)NNC(=O)c1ccc(C)c(F)c1. The van der Waals surface area contributed by atoms with E-state index < -0.39 is 11.7 Å². The molecule has 24 heavy (non-hydrogen) atoms. The average Bonchev–Trinajstić information content (AvgIpc) is 2.57. The third-order valence-corrected chi connectivity index (χ3v) is 3.91. The molecule has 0 aromatic heterocycles. The Balaban J connectivity index is 1.98. The summed E-state index contributed by atoms with van der Waals surface area (Å²) in [7, 11) is 0. The minimum absolute atomic E-state index is 0.221. The van der Waals surface area contributed by atoms with Gasteiger partial charge >= 0.3 is 0 Å². The molecular weight excluding hydrogens is 325 g/mol. The highest BCUT2D eigenvalue weighted by Crippen LogP contribution is 2.20. The van der Waals surface area contributed by atoms with Crippen LogP contribution >= 0.6 is 12.2 Å². The number of carbonyl (C=O) groups is 1. The molecule has 0 bridgehead atoms. The molecule has 0 spiro atoms. The Labute approximate surface area is 146 Å². The van der Waals surface area contributed by atoms with Gasteiger partial charge in [0, 0.05) is 11.3 Å². The number of para-hydroxylation sites is 1. The van der Waals surface area contributed by atoms with E-state index in [9.17, 15) is 9.18 Å². The van der Waals surface area contributed by atoms with Gasteiger partial charge in [0.05, 0.1) is 0 Å². The fourth-order valence-corrected chi connectivity index (χ4v) is 2.42. The van der Waals surface area contributed by atoms with E-state index >= 15 is 0 Å². The van der Waals surface area contributed by atoms with Gasteiger partial charge in [-0.3, -0.25) is 15.6 Å². The number of benzene rings is 2. The first-order chi connectivity index (χ1) is 11.4. The summed E-state index contributed by atoms with van der Waals surface area (Å²) in [6.45, 7) is 5.68. The second-order valence-electron chi connectivity index (χ2n) is 5.46.